The van der Waals surface area contributed by atoms with Gasteiger partial charge < -0.3 is 0 Å². The van der Waals surface area contributed by atoms with E-state index >= 15 is 0 Å². The second-order valence-electron chi connectivity index (χ2n) is 6.94. The first-order valence-electron chi connectivity index (χ1n) is 9.32. The summed E-state index contributed by atoms with van der Waals surface area (Å²) in [5.74, 6) is 0. The van der Waals surface area contributed by atoms with Crippen LogP contribution >= 0.6 is 0 Å². The van der Waals surface area contributed by atoms with E-state index in [1.54, 1.807) is 24.5 Å². The van der Waals surface area contributed by atoms with E-state index in [0.717, 1.165) is 44.1 Å². The Hall–Kier alpha value is -3.61. The Kier molecular flexibility index (Phi) is 4.31. The summed E-state index contributed by atoms with van der Waals surface area (Å²) < 4.78 is 31.9. The fraction of sp³-hybridized carbons (Fsp3) is 0. The Morgan fingerprint density at radius 3 is 1.60 bits per heavy atom. The maximum Gasteiger partial charge on any atom is 0.294 e. The highest BCUT2D eigenvalue weighted by atomic mass is 32.2. The van der Waals surface area contributed by atoms with E-state index in [1.165, 1.54) is 12.1 Å². The van der Waals surface area contributed by atoms with E-state index in [2.05, 4.69) is 22.1 Å². The minimum atomic E-state index is -4.23. The second-order valence-corrected chi connectivity index (χ2v) is 8.36. The Morgan fingerprint density at radius 2 is 1.10 bits per heavy atom. The van der Waals surface area contributed by atoms with Gasteiger partial charge in [-0.05, 0) is 46.5 Å². The van der Waals surface area contributed by atoms with Crippen molar-refractivity contribution in [1.29, 1.82) is 0 Å². The fourth-order valence-corrected chi connectivity index (χ4v) is 4.24. The minimum absolute atomic E-state index is 0.135. The lowest BCUT2D eigenvalue weighted by molar-refractivity contribution is 0.483. The summed E-state index contributed by atoms with van der Waals surface area (Å²) >= 11 is 0. The van der Waals surface area contributed by atoms with Crippen molar-refractivity contribution in [2.75, 3.05) is 0 Å². The van der Waals surface area contributed by atoms with E-state index in [9.17, 15) is 13.0 Å². The molecule has 2 heterocycles. The number of hydrogen-bond donors (Lipinski definition) is 1. The van der Waals surface area contributed by atoms with Crippen LogP contribution < -0.4 is 0 Å². The topological polar surface area (TPSA) is 80.2 Å². The summed E-state index contributed by atoms with van der Waals surface area (Å²) in [7, 11) is -4.23. The average Bonchev–Trinajstić information content (AvgIpc) is 2.78. The van der Waals surface area contributed by atoms with Gasteiger partial charge in [0.2, 0.25) is 0 Å². The Balaban J connectivity index is 1.72. The van der Waals surface area contributed by atoms with E-state index in [1.807, 2.05) is 42.5 Å². The largest absolute Gasteiger partial charge is 0.294 e. The number of aromatic nitrogens is 2. The molecule has 0 radical (unpaired) electrons. The lowest BCUT2D eigenvalue weighted by Gasteiger charge is -2.11. The third-order valence-corrected chi connectivity index (χ3v) is 6.04. The van der Waals surface area contributed by atoms with Gasteiger partial charge in [0.05, 0.1) is 15.9 Å². The van der Waals surface area contributed by atoms with Crippen LogP contribution in [0, 0.1) is 0 Å². The van der Waals surface area contributed by atoms with Gasteiger partial charge in [0, 0.05) is 23.2 Å². The van der Waals surface area contributed by atoms with Crippen molar-refractivity contribution < 1.29 is 13.0 Å². The van der Waals surface area contributed by atoms with Crippen LogP contribution in [0.4, 0.5) is 0 Å². The molecule has 0 amide bonds. The monoisotopic (exact) mass is 412 g/mol. The van der Waals surface area contributed by atoms with Crippen molar-refractivity contribution >= 4 is 31.9 Å². The van der Waals surface area contributed by atoms with Gasteiger partial charge in [0.1, 0.15) is 0 Å². The standard InChI is InChI=1S/C24H16N2O3S/c27-30(28,29)18-8-6-17(7-9-18)20-13-15-26-24-22(20)11-10-21-19(12-14-25-23(21)24)16-4-2-1-3-5-16/h1-15H,(H,27,28,29). The van der Waals surface area contributed by atoms with Gasteiger partial charge in [-0.2, -0.15) is 8.42 Å². The molecule has 6 heteroatoms. The molecule has 0 saturated heterocycles. The number of fused-ring (bicyclic) bond motifs is 3. The molecular weight excluding hydrogens is 396 g/mol. The van der Waals surface area contributed by atoms with Crippen molar-refractivity contribution in [2.45, 2.75) is 4.90 Å². The van der Waals surface area contributed by atoms with Crippen LogP contribution in [0.5, 0.6) is 0 Å². The number of benzene rings is 3. The van der Waals surface area contributed by atoms with Crippen LogP contribution in [-0.2, 0) is 10.1 Å². The first-order valence-corrected chi connectivity index (χ1v) is 10.8. The molecule has 0 aliphatic carbocycles. The molecule has 5 aromatic rings. The molecule has 30 heavy (non-hydrogen) atoms. The summed E-state index contributed by atoms with van der Waals surface area (Å²) in [5, 5.41) is 1.94. The van der Waals surface area contributed by atoms with E-state index in [4.69, 9.17) is 0 Å². The number of hydrogen-bond acceptors (Lipinski definition) is 4. The minimum Gasteiger partial charge on any atom is -0.282 e. The van der Waals surface area contributed by atoms with Crippen LogP contribution in [0.25, 0.3) is 44.1 Å². The van der Waals surface area contributed by atoms with Gasteiger partial charge in [-0.15, -0.1) is 0 Å². The van der Waals surface area contributed by atoms with Crippen molar-refractivity contribution in [3.63, 3.8) is 0 Å². The van der Waals surface area contributed by atoms with Crippen LogP contribution in [0.1, 0.15) is 0 Å². The molecular formula is C24H16N2O3S. The average molecular weight is 412 g/mol. The molecule has 0 spiro atoms. The molecule has 0 saturated carbocycles. The Morgan fingerprint density at radius 1 is 0.600 bits per heavy atom. The van der Waals surface area contributed by atoms with Crippen LogP contribution in [0.3, 0.4) is 0 Å². The predicted molar refractivity (Wildman–Crippen MR) is 118 cm³/mol. The summed E-state index contributed by atoms with van der Waals surface area (Å²) in [6.07, 6.45) is 3.52. The van der Waals surface area contributed by atoms with Gasteiger partial charge in [0.25, 0.3) is 10.1 Å². The summed E-state index contributed by atoms with van der Waals surface area (Å²) in [6.45, 7) is 0. The zero-order valence-corrected chi connectivity index (χ0v) is 16.5. The molecule has 0 fully saturated rings. The maximum atomic E-state index is 11.3. The second kappa shape index (κ2) is 7.02. The molecule has 0 aliphatic rings. The molecule has 0 bridgehead atoms. The molecule has 146 valence electrons. The highest BCUT2D eigenvalue weighted by molar-refractivity contribution is 7.85. The van der Waals surface area contributed by atoms with Crippen molar-refractivity contribution in [1.82, 2.24) is 9.97 Å². The highest BCUT2D eigenvalue weighted by Gasteiger charge is 2.13. The predicted octanol–water partition coefficient (Wildman–Crippen LogP) is 5.36. The third-order valence-electron chi connectivity index (χ3n) is 5.17. The first-order chi connectivity index (χ1) is 14.5. The third kappa shape index (κ3) is 3.12. The van der Waals surface area contributed by atoms with E-state index < -0.39 is 10.1 Å². The molecule has 5 nitrogen and oxygen atoms in total. The lowest BCUT2D eigenvalue weighted by atomic mass is 9.96. The first kappa shape index (κ1) is 18.4. The highest BCUT2D eigenvalue weighted by Crippen LogP contribution is 2.35. The van der Waals surface area contributed by atoms with Gasteiger partial charge >= 0.3 is 0 Å². The van der Waals surface area contributed by atoms with Gasteiger partial charge in [-0.1, -0.05) is 54.6 Å². The van der Waals surface area contributed by atoms with Crippen molar-refractivity contribution in [3.05, 3.63) is 91.3 Å². The Labute approximate surface area is 173 Å². The SMILES string of the molecule is O=S(=O)(O)c1ccc(-c2ccnc3c2ccc2c(-c4ccccc4)ccnc23)cc1. The summed E-state index contributed by atoms with van der Waals surface area (Å²) in [6, 6.07) is 24.2. The summed E-state index contributed by atoms with van der Waals surface area (Å²) in [5.41, 5.74) is 5.53. The lowest BCUT2D eigenvalue weighted by Crippen LogP contribution is -1.97. The van der Waals surface area contributed by atoms with Crippen LogP contribution in [0.15, 0.2) is 96.2 Å². The smallest absolute Gasteiger partial charge is 0.282 e. The number of pyridine rings is 2. The Bertz CT molecular complexity index is 1500. The zero-order valence-electron chi connectivity index (χ0n) is 15.7. The molecule has 0 unspecified atom stereocenters. The molecule has 0 aliphatic heterocycles. The molecule has 1 N–H and O–H groups in total. The van der Waals surface area contributed by atoms with Crippen molar-refractivity contribution in [2.24, 2.45) is 0 Å². The van der Waals surface area contributed by atoms with Gasteiger partial charge in [-0.3, -0.25) is 14.5 Å². The fourth-order valence-electron chi connectivity index (χ4n) is 3.76. The number of rotatable bonds is 3. The molecule has 0 atom stereocenters. The van der Waals surface area contributed by atoms with E-state index in [-0.39, 0.29) is 4.90 Å². The quantitative estimate of drug-likeness (QED) is 0.319. The van der Waals surface area contributed by atoms with Gasteiger partial charge in [-0.25, -0.2) is 0 Å². The number of nitrogens with zero attached hydrogens (tertiary/aromatic N) is 2. The molecule has 3 aromatic carbocycles. The summed E-state index contributed by atoms with van der Waals surface area (Å²) in [4.78, 5) is 9.06. The van der Waals surface area contributed by atoms with Crippen molar-refractivity contribution in [3.8, 4) is 22.3 Å². The normalized spacial score (nSPS) is 11.8. The van der Waals surface area contributed by atoms with E-state index in [0.29, 0.717) is 0 Å². The maximum absolute atomic E-state index is 11.3. The van der Waals surface area contributed by atoms with Crippen LogP contribution in [0.2, 0.25) is 0 Å². The van der Waals surface area contributed by atoms with Gasteiger partial charge in [0.15, 0.2) is 0 Å². The van der Waals surface area contributed by atoms with Crippen LogP contribution in [-0.4, -0.2) is 22.9 Å². The zero-order chi connectivity index (χ0) is 20.7. The molecule has 5 rings (SSSR count). The molecule has 2 aromatic heterocycles.